The molecule has 0 aliphatic heterocycles. The lowest BCUT2D eigenvalue weighted by atomic mass is 10.1. The Labute approximate surface area is 109 Å². The van der Waals surface area contributed by atoms with Gasteiger partial charge in [0, 0.05) is 11.7 Å². The van der Waals surface area contributed by atoms with Gasteiger partial charge in [-0.05, 0) is 44.0 Å². The number of nitrogen functional groups attached to an aromatic ring is 1. The number of carbonyl (C=O) groups excluding carboxylic acids is 1. The second kappa shape index (κ2) is 6.89. The Bertz CT molecular complexity index is 372. The fourth-order valence-electron chi connectivity index (χ4n) is 1.62. The molecule has 18 heavy (non-hydrogen) atoms. The number of benzene rings is 1. The Balaban J connectivity index is 2.51. The number of anilines is 1. The predicted molar refractivity (Wildman–Crippen MR) is 73.5 cm³/mol. The molecule has 0 spiro atoms. The fourth-order valence-corrected chi connectivity index (χ4v) is 1.62. The first kappa shape index (κ1) is 14.4. The lowest BCUT2D eigenvalue weighted by Crippen LogP contribution is -2.42. The smallest absolute Gasteiger partial charge is 0.260 e. The van der Waals surface area contributed by atoms with Crippen molar-refractivity contribution in [2.24, 2.45) is 0 Å². The molecule has 0 fully saturated rings. The highest BCUT2D eigenvalue weighted by Gasteiger charge is 2.17. The van der Waals surface area contributed by atoms with Crippen LogP contribution in [0, 0.1) is 0 Å². The van der Waals surface area contributed by atoms with Crippen LogP contribution in [0.5, 0.6) is 5.75 Å². The maximum Gasteiger partial charge on any atom is 0.260 e. The van der Waals surface area contributed by atoms with E-state index in [2.05, 4.69) is 19.2 Å². The van der Waals surface area contributed by atoms with Gasteiger partial charge in [0.1, 0.15) is 5.75 Å². The molecule has 1 rings (SSSR count). The molecule has 0 aliphatic carbocycles. The third kappa shape index (κ3) is 4.28. The fraction of sp³-hybridized carbons (Fsp3) is 0.500. The van der Waals surface area contributed by atoms with Crippen LogP contribution in [0.25, 0.3) is 0 Å². The highest BCUT2D eigenvalue weighted by Crippen LogP contribution is 2.14. The molecular weight excluding hydrogens is 228 g/mol. The molecule has 4 nitrogen and oxygen atoms in total. The van der Waals surface area contributed by atoms with Crippen molar-refractivity contribution in [3.05, 3.63) is 24.3 Å². The number of hydrogen-bond donors (Lipinski definition) is 2. The zero-order valence-electron chi connectivity index (χ0n) is 11.3. The molecule has 3 N–H and O–H groups in total. The van der Waals surface area contributed by atoms with Crippen molar-refractivity contribution >= 4 is 11.6 Å². The lowest BCUT2D eigenvalue weighted by Gasteiger charge is -2.19. The minimum atomic E-state index is -0.505. The molecule has 1 unspecified atom stereocenters. The normalized spacial score (nSPS) is 12.2. The van der Waals surface area contributed by atoms with Gasteiger partial charge >= 0.3 is 0 Å². The number of carbonyl (C=O) groups is 1. The summed E-state index contributed by atoms with van der Waals surface area (Å²) >= 11 is 0. The van der Waals surface area contributed by atoms with E-state index in [0.29, 0.717) is 11.4 Å². The summed E-state index contributed by atoms with van der Waals surface area (Å²) < 4.78 is 5.55. The van der Waals surface area contributed by atoms with Crippen molar-refractivity contribution in [1.82, 2.24) is 5.32 Å². The van der Waals surface area contributed by atoms with Gasteiger partial charge in [-0.3, -0.25) is 4.79 Å². The average molecular weight is 250 g/mol. The van der Waals surface area contributed by atoms with Gasteiger partial charge in [-0.15, -0.1) is 0 Å². The first-order valence-electron chi connectivity index (χ1n) is 6.39. The monoisotopic (exact) mass is 250 g/mol. The molecule has 1 atom stereocenters. The molecule has 4 heteroatoms. The van der Waals surface area contributed by atoms with E-state index in [-0.39, 0.29) is 11.9 Å². The van der Waals surface area contributed by atoms with Crippen molar-refractivity contribution in [2.75, 3.05) is 5.73 Å². The highest BCUT2D eigenvalue weighted by atomic mass is 16.5. The van der Waals surface area contributed by atoms with Gasteiger partial charge in [0.15, 0.2) is 6.10 Å². The van der Waals surface area contributed by atoms with Gasteiger partial charge < -0.3 is 15.8 Å². The second-order valence-electron chi connectivity index (χ2n) is 4.35. The predicted octanol–water partition coefficient (Wildman–Crippen LogP) is 2.34. The van der Waals surface area contributed by atoms with E-state index >= 15 is 0 Å². The van der Waals surface area contributed by atoms with Crippen LogP contribution < -0.4 is 15.8 Å². The van der Waals surface area contributed by atoms with Gasteiger partial charge in [-0.2, -0.15) is 0 Å². The van der Waals surface area contributed by atoms with Gasteiger partial charge in [-0.25, -0.2) is 0 Å². The first-order valence-corrected chi connectivity index (χ1v) is 6.39. The number of rotatable bonds is 6. The van der Waals surface area contributed by atoms with E-state index in [9.17, 15) is 4.79 Å². The van der Waals surface area contributed by atoms with E-state index in [1.54, 1.807) is 31.2 Å². The number of hydrogen-bond acceptors (Lipinski definition) is 3. The van der Waals surface area contributed by atoms with Crippen LogP contribution in [-0.2, 0) is 4.79 Å². The minimum absolute atomic E-state index is 0.0828. The highest BCUT2D eigenvalue weighted by molar-refractivity contribution is 5.81. The molecule has 0 saturated heterocycles. The van der Waals surface area contributed by atoms with E-state index in [1.165, 1.54) is 0 Å². The second-order valence-corrected chi connectivity index (χ2v) is 4.35. The SMILES string of the molecule is CCC(CC)NC(=O)C(C)Oc1ccc(N)cc1. The Morgan fingerprint density at radius 1 is 1.28 bits per heavy atom. The van der Waals surface area contributed by atoms with Gasteiger partial charge in [-0.1, -0.05) is 13.8 Å². The molecule has 0 bridgehead atoms. The van der Waals surface area contributed by atoms with Crippen molar-refractivity contribution in [3.8, 4) is 5.75 Å². The zero-order valence-corrected chi connectivity index (χ0v) is 11.3. The van der Waals surface area contributed by atoms with Gasteiger partial charge in [0.25, 0.3) is 5.91 Å². The molecule has 100 valence electrons. The molecule has 0 heterocycles. The van der Waals surface area contributed by atoms with Crippen LogP contribution in [0.4, 0.5) is 5.69 Å². The van der Waals surface area contributed by atoms with Crippen molar-refractivity contribution < 1.29 is 9.53 Å². The van der Waals surface area contributed by atoms with E-state index < -0.39 is 6.10 Å². The largest absolute Gasteiger partial charge is 0.481 e. The van der Waals surface area contributed by atoms with E-state index in [4.69, 9.17) is 10.5 Å². The number of ether oxygens (including phenoxy) is 1. The summed E-state index contributed by atoms with van der Waals surface area (Å²) in [5.41, 5.74) is 6.26. The summed E-state index contributed by atoms with van der Waals surface area (Å²) in [5.74, 6) is 0.567. The maximum absolute atomic E-state index is 11.9. The molecule has 0 radical (unpaired) electrons. The molecule has 0 aromatic heterocycles. The standard InChI is InChI=1S/C14H22N2O2/c1-4-12(5-2)16-14(17)10(3)18-13-8-6-11(15)7-9-13/h6-10,12H,4-5,15H2,1-3H3,(H,16,17). The van der Waals surface area contributed by atoms with Crippen LogP contribution in [0.15, 0.2) is 24.3 Å². The number of nitrogens with two attached hydrogens (primary N) is 1. The van der Waals surface area contributed by atoms with Crippen LogP contribution in [0.2, 0.25) is 0 Å². The summed E-state index contributed by atoms with van der Waals surface area (Å²) in [6.07, 6.45) is 1.35. The average Bonchev–Trinajstić information content (AvgIpc) is 2.38. The van der Waals surface area contributed by atoms with Crippen molar-refractivity contribution in [1.29, 1.82) is 0 Å². The lowest BCUT2D eigenvalue weighted by molar-refractivity contribution is -0.128. The van der Waals surface area contributed by atoms with Crippen LogP contribution in [0.1, 0.15) is 33.6 Å². The van der Waals surface area contributed by atoms with Crippen LogP contribution in [0.3, 0.4) is 0 Å². The van der Waals surface area contributed by atoms with Gasteiger partial charge in [0.05, 0.1) is 0 Å². The first-order chi connectivity index (χ1) is 8.56. The molecule has 0 aliphatic rings. The Kier molecular flexibility index (Phi) is 5.49. The summed E-state index contributed by atoms with van der Waals surface area (Å²) in [4.78, 5) is 11.9. The third-order valence-electron chi connectivity index (χ3n) is 2.89. The Morgan fingerprint density at radius 3 is 2.33 bits per heavy atom. The third-order valence-corrected chi connectivity index (χ3v) is 2.89. The van der Waals surface area contributed by atoms with Crippen molar-refractivity contribution in [2.45, 2.75) is 45.8 Å². The molecular formula is C14H22N2O2. The summed E-state index contributed by atoms with van der Waals surface area (Å²) in [6.45, 7) is 5.86. The molecule has 1 amide bonds. The maximum atomic E-state index is 11.9. The number of amides is 1. The molecule has 1 aromatic rings. The Hall–Kier alpha value is -1.71. The van der Waals surface area contributed by atoms with Crippen LogP contribution >= 0.6 is 0 Å². The molecule has 1 aromatic carbocycles. The Morgan fingerprint density at radius 2 is 1.83 bits per heavy atom. The van der Waals surface area contributed by atoms with E-state index in [1.807, 2.05) is 0 Å². The number of nitrogens with one attached hydrogen (secondary N) is 1. The zero-order chi connectivity index (χ0) is 13.5. The van der Waals surface area contributed by atoms with Crippen molar-refractivity contribution in [3.63, 3.8) is 0 Å². The quantitative estimate of drug-likeness (QED) is 0.762. The topological polar surface area (TPSA) is 64.3 Å². The minimum Gasteiger partial charge on any atom is -0.481 e. The summed E-state index contributed by atoms with van der Waals surface area (Å²) in [6, 6.07) is 7.24. The van der Waals surface area contributed by atoms with Gasteiger partial charge in [0.2, 0.25) is 0 Å². The van der Waals surface area contributed by atoms with Crippen LogP contribution in [-0.4, -0.2) is 18.1 Å². The van der Waals surface area contributed by atoms with E-state index in [0.717, 1.165) is 12.8 Å². The summed E-state index contributed by atoms with van der Waals surface area (Å²) in [7, 11) is 0. The summed E-state index contributed by atoms with van der Waals surface area (Å²) in [5, 5.41) is 2.96. The molecule has 0 saturated carbocycles.